The zero-order valence-electron chi connectivity index (χ0n) is 13.4. The Bertz CT molecular complexity index is 810. The average molecular weight is 380 g/mol. The first kappa shape index (κ1) is 19.3. The second-order valence-corrected chi connectivity index (χ2v) is 5.63. The maximum Gasteiger partial charge on any atom is 0.277 e. The summed E-state index contributed by atoms with van der Waals surface area (Å²) in [4.78, 5) is 32.1. The Morgan fingerprint density at radius 3 is 2.31 bits per heavy atom. The number of nitrogens with zero attached hydrogens (tertiary/aromatic N) is 2. The zero-order valence-corrected chi connectivity index (χ0v) is 14.1. The molecule has 1 amide bonds. The minimum absolute atomic E-state index is 0.135. The van der Waals surface area contributed by atoms with Crippen molar-refractivity contribution < 1.29 is 19.4 Å². The number of amides is 1. The van der Waals surface area contributed by atoms with Crippen LogP contribution >= 0.6 is 11.6 Å². The van der Waals surface area contributed by atoms with Gasteiger partial charge in [-0.15, -0.1) is 0 Å². The van der Waals surface area contributed by atoms with E-state index < -0.39 is 27.1 Å². The number of ether oxygens (including phenoxy) is 1. The van der Waals surface area contributed by atoms with Crippen molar-refractivity contribution in [2.75, 3.05) is 13.2 Å². The van der Waals surface area contributed by atoms with Crippen LogP contribution in [0.15, 0.2) is 42.5 Å². The maximum absolute atomic E-state index is 12.0. The molecular weight excluding hydrogens is 366 g/mol. The van der Waals surface area contributed by atoms with Gasteiger partial charge >= 0.3 is 0 Å². The van der Waals surface area contributed by atoms with E-state index in [9.17, 15) is 25.0 Å². The molecule has 10 heteroatoms. The zero-order chi connectivity index (χ0) is 19.1. The van der Waals surface area contributed by atoms with E-state index in [0.717, 1.165) is 23.8 Å². The molecule has 0 aliphatic carbocycles. The van der Waals surface area contributed by atoms with E-state index in [-0.39, 0.29) is 18.7 Å². The quantitative estimate of drug-likeness (QED) is 0.426. The van der Waals surface area contributed by atoms with Crippen molar-refractivity contribution >= 4 is 28.9 Å². The molecule has 9 nitrogen and oxygen atoms in total. The standard InChI is InChI=1S/C16H14ClN3O6/c17-13-3-1-2-11(6-13)10-26-5-4-18-16(21)12-7-14(19(22)23)9-15(8-12)20(24)25/h1-3,6-9H,4-5,10H2,(H,18,21). The van der Waals surface area contributed by atoms with Gasteiger partial charge in [-0.25, -0.2) is 0 Å². The summed E-state index contributed by atoms with van der Waals surface area (Å²) in [5, 5.41) is 24.7. The number of nitrogens with one attached hydrogen (secondary N) is 1. The summed E-state index contributed by atoms with van der Waals surface area (Å²) >= 11 is 5.86. The molecule has 1 N–H and O–H groups in total. The first-order chi connectivity index (χ1) is 12.4. The SMILES string of the molecule is O=C(NCCOCc1cccc(Cl)c1)c1cc([N+](=O)[O-])cc([N+](=O)[O-])c1. The lowest BCUT2D eigenvalue weighted by Gasteiger charge is -2.07. The summed E-state index contributed by atoms with van der Waals surface area (Å²) in [5.74, 6) is -0.664. The van der Waals surface area contributed by atoms with Crippen molar-refractivity contribution in [2.45, 2.75) is 6.61 Å². The van der Waals surface area contributed by atoms with E-state index in [1.165, 1.54) is 0 Å². The fourth-order valence-corrected chi connectivity index (χ4v) is 2.31. The number of nitro benzene ring substituents is 2. The van der Waals surface area contributed by atoms with Gasteiger partial charge in [0.05, 0.1) is 34.7 Å². The number of benzene rings is 2. The molecule has 2 aromatic rings. The molecule has 0 heterocycles. The highest BCUT2D eigenvalue weighted by molar-refractivity contribution is 6.30. The molecule has 2 aromatic carbocycles. The van der Waals surface area contributed by atoms with Gasteiger partial charge in [-0.3, -0.25) is 25.0 Å². The summed E-state index contributed by atoms with van der Waals surface area (Å²) < 4.78 is 5.40. The summed E-state index contributed by atoms with van der Waals surface area (Å²) in [6, 6.07) is 9.88. The van der Waals surface area contributed by atoms with Gasteiger partial charge in [0.2, 0.25) is 0 Å². The molecule has 0 saturated carbocycles. The Kier molecular flexibility index (Phi) is 6.59. The lowest BCUT2D eigenvalue weighted by molar-refractivity contribution is -0.394. The second kappa shape index (κ2) is 8.88. The molecule has 26 heavy (non-hydrogen) atoms. The first-order valence-corrected chi connectivity index (χ1v) is 7.79. The summed E-state index contributed by atoms with van der Waals surface area (Å²) in [5.41, 5.74) is -0.345. The molecule has 2 rings (SSSR count). The van der Waals surface area contributed by atoms with Crippen molar-refractivity contribution in [3.8, 4) is 0 Å². The fraction of sp³-hybridized carbons (Fsp3) is 0.188. The molecule has 0 atom stereocenters. The van der Waals surface area contributed by atoms with Crippen molar-refractivity contribution in [1.29, 1.82) is 0 Å². The lowest BCUT2D eigenvalue weighted by Crippen LogP contribution is -2.27. The van der Waals surface area contributed by atoms with E-state index in [2.05, 4.69) is 5.32 Å². The molecule has 0 aromatic heterocycles. The number of carbonyl (C=O) groups is 1. The number of rotatable bonds is 8. The average Bonchev–Trinajstić information content (AvgIpc) is 2.60. The van der Waals surface area contributed by atoms with E-state index in [4.69, 9.17) is 16.3 Å². The number of non-ortho nitro benzene ring substituents is 2. The molecule has 0 radical (unpaired) electrons. The molecule has 0 aliphatic rings. The van der Waals surface area contributed by atoms with E-state index in [1.54, 1.807) is 18.2 Å². The predicted molar refractivity (Wildman–Crippen MR) is 93.2 cm³/mol. The molecule has 0 saturated heterocycles. The van der Waals surface area contributed by atoms with Gasteiger partial charge in [-0.2, -0.15) is 0 Å². The highest BCUT2D eigenvalue weighted by Gasteiger charge is 2.19. The van der Waals surface area contributed by atoms with Gasteiger partial charge in [-0.1, -0.05) is 23.7 Å². The van der Waals surface area contributed by atoms with Crippen LogP contribution in [0.4, 0.5) is 11.4 Å². The number of hydrogen-bond acceptors (Lipinski definition) is 6. The lowest BCUT2D eigenvalue weighted by atomic mass is 10.1. The molecule has 0 bridgehead atoms. The second-order valence-electron chi connectivity index (χ2n) is 5.19. The molecule has 0 unspecified atom stereocenters. The normalized spacial score (nSPS) is 10.3. The molecule has 136 valence electrons. The minimum Gasteiger partial charge on any atom is -0.375 e. The molecular formula is C16H14ClN3O6. The van der Waals surface area contributed by atoms with Crippen LogP contribution in [0.3, 0.4) is 0 Å². The smallest absolute Gasteiger partial charge is 0.277 e. The Labute approximate surface area is 152 Å². The van der Waals surface area contributed by atoms with Gasteiger partial charge in [0.25, 0.3) is 17.3 Å². The number of halogens is 1. The van der Waals surface area contributed by atoms with Gasteiger partial charge in [0.15, 0.2) is 0 Å². The third kappa shape index (κ3) is 5.50. The highest BCUT2D eigenvalue weighted by atomic mass is 35.5. The Hall–Kier alpha value is -3.04. The molecule has 0 aliphatic heterocycles. The van der Waals surface area contributed by atoms with Crippen LogP contribution in [-0.2, 0) is 11.3 Å². The van der Waals surface area contributed by atoms with Crippen LogP contribution in [0.1, 0.15) is 15.9 Å². The minimum atomic E-state index is -0.794. The largest absolute Gasteiger partial charge is 0.375 e. The van der Waals surface area contributed by atoms with Crippen LogP contribution in [0.2, 0.25) is 5.02 Å². The maximum atomic E-state index is 12.0. The number of carbonyl (C=O) groups excluding carboxylic acids is 1. The summed E-state index contributed by atoms with van der Waals surface area (Å²) in [6.07, 6.45) is 0. The Balaban J connectivity index is 1.89. The number of hydrogen-bond donors (Lipinski definition) is 1. The monoisotopic (exact) mass is 379 g/mol. The third-order valence-electron chi connectivity index (χ3n) is 3.28. The van der Waals surface area contributed by atoms with Crippen molar-refractivity contribution in [3.63, 3.8) is 0 Å². The van der Waals surface area contributed by atoms with Gasteiger partial charge in [0.1, 0.15) is 0 Å². The van der Waals surface area contributed by atoms with Crippen LogP contribution in [-0.4, -0.2) is 28.9 Å². The van der Waals surface area contributed by atoms with E-state index in [0.29, 0.717) is 11.6 Å². The third-order valence-corrected chi connectivity index (χ3v) is 3.51. The van der Waals surface area contributed by atoms with Crippen molar-refractivity contribution in [1.82, 2.24) is 5.32 Å². The summed E-state index contributed by atoms with van der Waals surface area (Å²) in [7, 11) is 0. The first-order valence-electron chi connectivity index (χ1n) is 7.41. The predicted octanol–water partition coefficient (Wildman–Crippen LogP) is 3.10. The van der Waals surface area contributed by atoms with Gasteiger partial charge < -0.3 is 10.1 Å². The van der Waals surface area contributed by atoms with E-state index >= 15 is 0 Å². The summed E-state index contributed by atoms with van der Waals surface area (Å²) in [6.45, 7) is 0.629. The van der Waals surface area contributed by atoms with Crippen molar-refractivity contribution in [2.24, 2.45) is 0 Å². The van der Waals surface area contributed by atoms with Gasteiger partial charge in [0, 0.05) is 23.7 Å². The van der Waals surface area contributed by atoms with Crippen LogP contribution in [0, 0.1) is 20.2 Å². The topological polar surface area (TPSA) is 125 Å². The van der Waals surface area contributed by atoms with Crippen LogP contribution < -0.4 is 5.32 Å². The van der Waals surface area contributed by atoms with Crippen molar-refractivity contribution in [3.05, 3.63) is 78.8 Å². The highest BCUT2D eigenvalue weighted by Crippen LogP contribution is 2.22. The Morgan fingerprint density at radius 1 is 1.08 bits per heavy atom. The van der Waals surface area contributed by atoms with Crippen LogP contribution in [0.5, 0.6) is 0 Å². The van der Waals surface area contributed by atoms with E-state index in [1.807, 2.05) is 6.07 Å². The Morgan fingerprint density at radius 2 is 1.73 bits per heavy atom. The fourth-order valence-electron chi connectivity index (χ4n) is 2.09. The number of nitro groups is 2. The molecule has 0 spiro atoms. The van der Waals surface area contributed by atoms with Crippen LogP contribution in [0.25, 0.3) is 0 Å². The molecule has 0 fully saturated rings. The van der Waals surface area contributed by atoms with Gasteiger partial charge in [-0.05, 0) is 17.7 Å².